The van der Waals surface area contributed by atoms with Crippen LogP contribution in [0, 0.1) is 10.1 Å². The Morgan fingerprint density at radius 1 is 1.43 bits per heavy atom. The number of carbonyl (C=O) groups excluding carboxylic acids is 1. The minimum Gasteiger partial charge on any atom is -0.460 e. The molecule has 0 heterocycles. The molecular formula is C14H21N3O4. The minimum absolute atomic E-state index is 0.0526. The number of esters is 1. The summed E-state index contributed by atoms with van der Waals surface area (Å²) in [5.74, 6) is -0.708. The fraction of sp³-hybridized carbons (Fsp3) is 0.500. The average Bonchev–Trinajstić information content (AvgIpc) is 2.45. The first kappa shape index (κ1) is 16.9. The fourth-order valence-electron chi connectivity index (χ4n) is 2.10. The predicted octanol–water partition coefficient (Wildman–Crippen LogP) is 2.06. The standard InChI is InChI=1S/C14H21N3O4/c1-4-16(5-2)10(3)9-21-14(18)12-7-6-11(15)8-13(12)17(19)20/h6-8,10H,4-5,9,15H2,1-3H3. The van der Waals surface area contributed by atoms with E-state index < -0.39 is 10.9 Å². The molecule has 0 fully saturated rings. The van der Waals surface area contributed by atoms with Crippen molar-refractivity contribution < 1.29 is 14.5 Å². The van der Waals surface area contributed by atoms with Crippen molar-refractivity contribution >= 4 is 17.3 Å². The predicted molar refractivity (Wildman–Crippen MR) is 80.2 cm³/mol. The van der Waals surface area contributed by atoms with Gasteiger partial charge < -0.3 is 10.5 Å². The Kier molecular flexibility index (Phi) is 6.10. The maximum Gasteiger partial charge on any atom is 0.345 e. The molecule has 1 aromatic carbocycles. The van der Waals surface area contributed by atoms with E-state index in [9.17, 15) is 14.9 Å². The Morgan fingerprint density at radius 3 is 2.57 bits per heavy atom. The topological polar surface area (TPSA) is 98.7 Å². The molecule has 0 saturated heterocycles. The van der Waals surface area contributed by atoms with Gasteiger partial charge >= 0.3 is 5.97 Å². The van der Waals surface area contributed by atoms with Crippen molar-refractivity contribution in [3.8, 4) is 0 Å². The molecule has 7 heteroatoms. The van der Waals surface area contributed by atoms with Crippen LogP contribution in [0.3, 0.4) is 0 Å². The van der Waals surface area contributed by atoms with Crippen LogP contribution in [-0.2, 0) is 4.74 Å². The van der Waals surface area contributed by atoms with Gasteiger partial charge in [0.1, 0.15) is 12.2 Å². The first-order valence-corrected chi connectivity index (χ1v) is 6.85. The van der Waals surface area contributed by atoms with E-state index in [1.54, 1.807) is 0 Å². The summed E-state index contributed by atoms with van der Waals surface area (Å²) in [7, 11) is 0. The van der Waals surface area contributed by atoms with Crippen LogP contribution in [0.4, 0.5) is 11.4 Å². The lowest BCUT2D eigenvalue weighted by Crippen LogP contribution is -2.36. The van der Waals surface area contributed by atoms with Crippen molar-refractivity contribution in [3.05, 3.63) is 33.9 Å². The number of nitrogens with zero attached hydrogens (tertiary/aromatic N) is 2. The molecule has 7 nitrogen and oxygen atoms in total. The molecule has 21 heavy (non-hydrogen) atoms. The van der Waals surface area contributed by atoms with Crippen LogP contribution in [-0.4, -0.2) is 41.5 Å². The minimum atomic E-state index is -0.708. The SMILES string of the molecule is CCN(CC)C(C)COC(=O)c1ccc(N)cc1[N+](=O)[O-]. The summed E-state index contributed by atoms with van der Waals surface area (Å²) in [5, 5.41) is 11.0. The second kappa shape index (κ2) is 7.58. The molecule has 0 aliphatic carbocycles. The molecule has 0 aliphatic heterocycles. The Bertz CT molecular complexity index is 515. The normalized spacial score (nSPS) is 12.2. The molecule has 0 bridgehead atoms. The molecule has 1 aromatic rings. The number of rotatable bonds is 7. The second-order valence-corrected chi connectivity index (χ2v) is 4.70. The van der Waals surface area contributed by atoms with Gasteiger partial charge in [-0.2, -0.15) is 0 Å². The lowest BCUT2D eigenvalue weighted by atomic mass is 10.1. The lowest BCUT2D eigenvalue weighted by Gasteiger charge is -2.25. The van der Waals surface area contributed by atoms with Crippen LogP contribution in [0.2, 0.25) is 0 Å². The molecule has 0 amide bonds. The van der Waals surface area contributed by atoms with Crippen LogP contribution in [0.1, 0.15) is 31.1 Å². The number of anilines is 1. The van der Waals surface area contributed by atoms with Gasteiger partial charge in [0.25, 0.3) is 5.69 Å². The molecule has 0 saturated carbocycles. The summed E-state index contributed by atoms with van der Waals surface area (Å²) in [6, 6.07) is 3.97. The summed E-state index contributed by atoms with van der Waals surface area (Å²) in [4.78, 5) is 24.4. The third-order valence-electron chi connectivity index (χ3n) is 3.33. The largest absolute Gasteiger partial charge is 0.460 e. The number of nitrogens with two attached hydrogens (primary N) is 1. The lowest BCUT2D eigenvalue weighted by molar-refractivity contribution is -0.385. The van der Waals surface area contributed by atoms with Gasteiger partial charge in [0.05, 0.1) is 4.92 Å². The van der Waals surface area contributed by atoms with Gasteiger partial charge in [0.15, 0.2) is 0 Å². The third kappa shape index (κ3) is 4.42. The molecule has 1 unspecified atom stereocenters. The summed E-state index contributed by atoms with van der Waals surface area (Å²) in [6.07, 6.45) is 0. The highest BCUT2D eigenvalue weighted by Gasteiger charge is 2.22. The molecular weight excluding hydrogens is 274 g/mol. The van der Waals surface area contributed by atoms with Crippen molar-refractivity contribution in [1.29, 1.82) is 0 Å². The maximum absolute atomic E-state index is 12.0. The third-order valence-corrected chi connectivity index (χ3v) is 3.33. The van der Waals surface area contributed by atoms with Gasteiger partial charge in [-0.3, -0.25) is 15.0 Å². The summed E-state index contributed by atoms with van der Waals surface area (Å²) < 4.78 is 5.18. The number of hydrogen-bond acceptors (Lipinski definition) is 6. The van der Waals surface area contributed by atoms with E-state index in [0.717, 1.165) is 19.2 Å². The number of carbonyl (C=O) groups is 1. The molecule has 2 N–H and O–H groups in total. The van der Waals surface area contributed by atoms with Gasteiger partial charge in [-0.25, -0.2) is 4.79 Å². The molecule has 1 atom stereocenters. The zero-order chi connectivity index (χ0) is 16.0. The van der Waals surface area contributed by atoms with E-state index in [1.165, 1.54) is 12.1 Å². The van der Waals surface area contributed by atoms with Crippen LogP contribution in [0.25, 0.3) is 0 Å². The maximum atomic E-state index is 12.0. The van der Waals surface area contributed by atoms with Gasteiger partial charge in [0, 0.05) is 17.8 Å². The van der Waals surface area contributed by atoms with Crippen molar-refractivity contribution in [1.82, 2.24) is 4.90 Å². The van der Waals surface area contributed by atoms with E-state index in [4.69, 9.17) is 10.5 Å². The van der Waals surface area contributed by atoms with Gasteiger partial charge in [0.2, 0.25) is 0 Å². The van der Waals surface area contributed by atoms with Crippen LogP contribution < -0.4 is 5.73 Å². The van der Waals surface area contributed by atoms with E-state index in [-0.39, 0.29) is 29.6 Å². The van der Waals surface area contributed by atoms with Crippen molar-refractivity contribution in [2.75, 3.05) is 25.4 Å². The number of benzene rings is 1. The Labute approximate surface area is 123 Å². The molecule has 0 spiro atoms. The van der Waals surface area contributed by atoms with Crippen LogP contribution in [0.15, 0.2) is 18.2 Å². The molecule has 116 valence electrons. The second-order valence-electron chi connectivity index (χ2n) is 4.70. The smallest absolute Gasteiger partial charge is 0.345 e. The number of nitro benzene ring substituents is 1. The summed E-state index contributed by atoms with van der Waals surface area (Å²) >= 11 is 0. The van der Waals surface area contributed by atoms with Gasteiger partial charge in [-0.1, -0.05) is 13.8 Å². The van der Waals surface area contributed by atoms with E-state index >= 15 is 0 Å². The highest BCUT2D eigenvalue weighted by Crippen LogP contribution is 2.22. The van der Waals surface area contributed by atoms with Gasteiger partial charge in [-0.15, -0.1) is 0 Å². The Hall–Kier alpha value is -2.15. The number of hydrogen-bond donors (Lipinski definition) is 1. The number of nitro groups is 1. The van der Waals surface area contributed by atoms with E-state index in [0.29, 0.717) is 0 Å². The van der Waals surface area contributed by atoms with Crippen LogP contribution in [0.5, 0.6) is 0 Å². The van der Waals surface area contributed by atoms with E-state index in [2.05, 4.69) is 4.90 Å². The Morgan fingerprint density at radius 2 is 2.05 bits per heavy atom. The molecule has 0 radical (unpaired) electrons. The molecule has 1 rings (SSSR count). The fourth-order valence-corrected chi connectivity index (χ4v) is 2.10. The summed E-state index contributed by atoms with van der Waals surface area (Å²) in [6.45, 7) is 7.85. The summed E-state index contributed by atoms with van der Waals surface area (Å²) in [5.41, 5.74) is 5.31. The van der Waals surface area contributed by atoms with Crippen molar-refractivity contribution in [2.24, 2.45) is 0 Å². The van der Waals surface area contributed by atoms with Crippen molar-refractivity contribution in [2.45, 2.75) is 26.8 Å². The highest BCUT2D eigenvalue weighted by molar-refractivity contribution is 5.94. The molecule has 0 aliphatic rings. The first-order chi connectivity index (χ1) is 9.90. The van der Waals surface area contributed by atoms with Crippen molar-refractivity contribution in [3.63, 3.8) is 0 Å². The first-order valence-electron chi connectivity index (χ1n) is 6.85. The molecule has 0 aromatic heterocycles. The quantitative estimate of drug-likeness (QED) is 0.358. The zero-order valence-electron chi connectivity index (χ0n) is 12.5. The van der Waals surface area contributed by atoms with E-state index in [1.807, 2.05) is 20.8 Å². The zero-order valence-corrected chi connectivity index (χ0v) is 12.5. The highest BCUT2D eigenvalue weighted by atomic mass is 16.6. The number of nitrogen functional groups attached to an aromatic ring is 1. The monoisotopic (exact) mass is 295 g/mol. The van der Waals surface area contributed by atoms with Crippen LogP contribution >= 0.6 is 0 Å². The number of likely N-dealkylation sites (N-methyl/N-ethyl adjacent to an activating group) is 1. The van der Waals surface area contributed by atoms with Gasteiger partial charge in [-0.05, 0) is 32.1 Å². The number of ether oxygens (including phenoxy) is 1. The average molecular weight is 295 g/mol. The Balaban J connectivity index is 2.79.